The van der Waals surface area contributed by atoms with Crippen molar-refractivity contribution in [1.82, 2.24) is 5.32 Å². The molecule has 4 heteroatoms. The van der Waals surface area contributed by atoms with Gasteiger partial charge in [0.05, 0.1) is 12.5 Å². The molecule has 1 aromatic carbocycles. The minimum Gasteiger partial charge on any atom is -0.481 e. The molecule has 4 nitrogen and oxygen atoms in total. The smallest absolute Gasteiger partial charge is 0.307 e. The van der Waals surface area contributed by atoms with Crippen LogP contribution in [0.15, 0.2) is 24.3 Å². The van der Waals surface area contributed by atoms with Crippen LogP contribution < -0.4 is 5.32 Å². The van der Waals surface area contributed by atoms with Crippen molar-refractivity contribution in [3.63, 3.8) is 0 Å². The van der Waals surface area contributed by atoms with Gasteiger partial charge in [-0.3, -0.25) is 4.79 Å². The van der Waals surface area contributed by atoms with Gasteiger partial charge in [0.2, 0.25) is 0 Å². The molecule has 0 saturated carbocycles. The highest BCUT2D eigenvalue weighted by atomic mass is 16.5. The van der Waals surface area contributed by atoms with Crippen molar-refractivity contribution in [2.24, 2.45) is 5.92 Å². The first-order valence-corrected chi connectivity index (χ1v) is 6.08. The first-order valence-electron chi connectivity index (χ1n) is 6.08. The average Bonchev–Trinajstić information content (AvgIpc) is 2.36. The second-order valence-corrected chi connectivity index (χ2v) is 4.50. The largest absolute Gasteiger partial charge is 0.481 e. The molecule has 2 unspecified atom stereocenters. The number of carbonyl (C=O) groups is 1. The summed E-state index contributed by atoms with van der Waals surface area (Å²) in [4.78, 5) is 10.9. The fraction of sp³-hybridized carbons (Fsp3) is 0.500. The van der Waals surface area contributed by atoms with Gasteiger partial charge in [0, 0.05) is 19.7 Å². The Balaban J connectivity index is 2.60. The molecule has 0 aromatic heterocycles. The van der Waals surface area contributed by atoms with Gasteiger partial charge in [-0.2, -0.15) is 0 Å². The maximum atomic E-state index is 10.9. The van der Waals surface area contributed by atoms with Crippen LogP contribution in [0.4, 0.5) is 0 Å². The van der Waals surface area contributed by atoms with Crippen LogP contribution in [-0.2, 0) is 22.7 Å². The van der Waals surface area contributed by atoms with Crippen molar-refractivity contribution in [3.8, 4) is 0 Å². The maximum absolute atomic E-state index is 10.9. The van der Waals surface area contributed by atoms with Crippen molar-refractivity contribution in [1.29, 1.82) is 0 Å². The van der Waals surface area contributed by atoms with Crippen molar-refractivity contribution in [3.05, 3.63) is 35.4 Å². The van der Waals surface area contributed by atoms with E-state index in [1.165, 1.54) is 0 Å². The molecule has 2 atom stereocenters. The fourth-order valence-electron chi connectivity index (χ4n) is 1.69. The van der Waals surface area contributed by atoms with Crippen LogP contribution in [0.1, 0.15) is 25.0 Å². The Morgan fingerprint density at radius 2 is 1.94 bits per heavy atom. The van der Waals surface area contributed by atoms with Gasteiger partial charge in [-0.1, -0.05) is 31.2 Å². The monoisotopic (exact) mass is 251 g/mol. The van der Waals surface area contributed by atoms with Gasteiger partial charge >= 0.3 is 5.97 Å². The van der Waals surface area contributed by atoms with Crippen molar-refractivity contribution in [2.75, 3.05) is 7.11 Å². The molecule has 0 fully saturated rings. The lowest BCUT2D eigenvalue weighted by molar-refractivity contribution is -0.141. The second kappa shape index (κ2) is 7.13. The van der Waals surface area contributed by atoms with Gasteiger partial charge in [0.25, 0.3) is 0 Å². The SMILES string of the molecule is COCc1ccccc1CNC(C)C(C)C(=O)O. The molecule has 0 aliphatic heterocycles. The highest BCUT2D eigenvalue weighted by Crippen LogP contribution is 2.11. The number of aliphatic carboxylic acids is 1. The summed E-state index contributed by atoms with van der Waals surface area (Å²) in [6.07, 6.45) is 0. The lowest BCUT2D eigenvalue weighted by atomic mass is 10.0. The Morgan fingerprint density at radius 3 is 2.50 bits per heavy atom. The summed E-state index contributed by atoms with van der Waals surface area (Å²) in [6, 6.07) is 7.92. The number of benzene rings is 1. The van der Waals surface area contributed by atoms with Crippen molar-refractivity contribution in [2.45, 2.75) is 33.0 Å². The van der Waals surface area contributed by atoms with Crippen LogP contribution in [0.2, 0.25) is 0 Å². The molecular formula is C14H21NO3. The van der Waals surface area contributed by atoms with Gasteiger partial charge in [0.15, 0.2) is 0 Å². The van der Waals surface area contributed by atoms with Crippen molar-refractivity contribution < 1.29 is 14.6 Å². The van der Waals surface area contributed by atoms with E-state index >= 15 is 0 Å². The highest BCUT2D eigenvalue weighted by Gasteiger charge is 2.18. The highest BCUT2D eigenvalue weighted by molar-refractivity contribution is 5.70. The number of hydrogen-bond acceptors (Lipinski definition) is 3. The first kappa shape index (κ1) is 14.7. The molecule has 100 valence electrons. The number of carboxylic acid groups (broad SMARTS) is 1. The third-order valence-electron chi connectivity index (χ3n) is 3.17. The summed E-state index contributed by atoms with van der Waals surface area (Å²) in [7, 11) is 1.67. The lowest BCUT2D eigenvalue weighted by Crippen LogP contribution is -2.35. The quantitative estimate of drug-likeness (QED) is 0.778. The van der Waals surface area contributed by atoms with Crippen LogP contribution in [0.3, 0.4) is 0 Å². The van der Waals surface area contributed by atoms with Crippen LogP contribution >= 0.6 is 0 Å². The number of rotatable bonds is 7. The van der Waals surface area contributed by atoms with Crippen LogP contribution in [-0.4, -0.2) is 24.2 Å². The van der Waals surface area contributed by atoms with Gasteiger partial charge in [-0.05, 0) is 18.1 Å². The zero-order valence-corrected chi connectivity index (χ0v) is 11.1. The predicted octanol–water partition coefficient (Wildman–Crippen LogP) is 2.03. The molecule has 0 aliphatic rings. The molecule has 0 saturated heterocycles. The number of carboxylic acids is 1. The Kier molecular flexibility index (Phi) is 5.82. The summed E-state index contributed by atoms with van der Waals surface area (Å²) in [6.45, 7) is 4.82. The van der Waals surface area contributed by atoms with E-state index in [9.17, 15) is 4.79 Å². The van der Waals surface area contributed by atoms with E-state index in [4.69, 9.17) is 9.84 Å². The third-order valence-corrected chi connectivity index (χ3v) is 3.17. The Labute approximate surface area is 108 Å². The molecular weight excluding hydrogens is 230 g/mol. The lowest BCUT2D eigenvalue weighted by Gasteiger charge is -2.18. The Bertz CT molecular complexity index is 392. The molecule has 1 aromatic rings. The van der Waals surface area contributed by atoms with E-state index < -0.39 is 11.9 Å². The standard InChI is InChI=1S/C14H21NO3/c1-10(14(16)17)11(2)15-8-12-6-4-5-7-13(12)9-18-3/h4-7,10-11,15H,8-9H2,1-3H3,(H,16,17). The summed E-state index contributed by atoms with van der Waals surface area (Å²) in [5.41, 5.74) is 2.27. The molecule has 0 heterocycles. The van der Waals surface area contributed by atoms with Gasteiger partial charge < -0.3 is 15.2 Å². The third kappa shape index (κ3) is 4.13. The summed E-state index contributed by atoms with van der Waals surface area (Å²) in [5, 5.41) is 12.2. The van der Waals surface area contributed by atoms with E-state index in [-0.39, 0.29) is 6.04 Å². The fourth-order valence-corrected chi connectivity index (χ4v) is 1.69. The number of methoxy groups -OCH3 is 1. The summed E-state index contributed by atoms with van der Waals surface area (Å²) < 4.78 is 5.14. The summed E-state index contributed by atoms with van der Waals surface area (Å²) >= 11 is 0. The van der Waals surface area contributed by atoms with Crippen LogP contribution in [0.5, 0.6) is 0 Å². The van der Waals surface area contributed by atoms with E-state index in [1.54, 1.807) is 14.0 Å². The molecule has 0 bridgehead atoms. The molecule has 0 radical (unpaired) electrons. The van der Waals surface area contributed by atoms with E-state index in [2.05, 4.69) is 5.32 Å². The van der Waals surface area contributed by atoms with E-state index in [0.717, 1.165) is 11.1 Å². The van der Waals surface area contributed by atoms with E-state index in [1.807, 2.05) is 31.2 Å². The van der Waals surface area contributed by atoms with Crippen LogP contribution in [0, 0.1) is 5.92 Å². The average molecular weight is 251 g/mol. The second-order valence-electron chi connectivity index (χ2n) is 4.50. The minimum atomic E-state index is -0.778. The molecule has 2 N–H and O–H groups in total. The predicted molar refractivity (Wildman–Crippen MR) is 70.3 cm³/mol. The molecule has 1 rings (SSSR count). The Hall–Kier alpha value is -1.39. The number of nitrogens with one attached hydrogen (secondary N) is 1. The maximum Gasteiger partial charge on any atom is 0.307 e. The van der Waals surface area contributed by atoms with Gasteiger partial charge in [-0.15, -0.1) is 0 Å². The topological polar surface area (TPSA) is 58.6 Å². The minimum absolute atomic E-state index is 0.0712. The summed E-state index contributed by atoms with van der Waals surface area (Å²) in [5.74, 6) is -1.18. The molecule has 0 amide bonds. The molecule has 0 aliphatic carbocycles. The van der Waals surface area contributed by atoms with Gasteiger partial charge in [0.1, 0.15) is 0 Å². The van der Waals surface area contributed by atoms with Crippen LogP contribution in [0.25, 0.3) is 0 Å². The number of ether oxygens (including phenoxy) is 1. The normalized spacial score (nSPS) is 14.2. The molecule has 18 heavy (non-hydrogen) atoms. The van der Waals surface area contributed by atoms with Gasteiger partial charge in [-0.25, -0.2) is 0 Å². The Morgan fingerprint density at radius 1 is 1.33 bits per heavy atom. The molecule has 0 spiro atoms. The zero-order chi connectivity index (χ0) is 13.5. The number of hydrogen-bond donors (Lipinski definition) is 2. The van der Waals surface area contributed by atoms with E-state index in [0.29, 0.717) is 13.2 Å². The first-order chi connectivity index (χ1) is 8.56. The zero-order valence-electron chi connectivity index (χ0n) is 11.1. The van der Waals surface area contributed by atoms with Crippen molar-refractivity contribution >= 4 is 5.97 Å².